The minimum atomic E-state index is -1.23. The lowest BCUT2D eigenvalue weighted by Gasteiger charge is -2.18. The number of esters is 1. The van der Waals surface area contributed by atoms with Crippen molar-refractivity contribution < 1.29 is 24.5 Å². The Bertz CT molecular complexity index is 787. The molecule has 9 heteroatoms. The number of aryl methyl sites for hydroxylation is 1. The van der Waals surface area contributed by atoms with Gasteiger partial charge >= 0.3 is 11.9 Å². The Balaban J connectivity index is 2.41. The summed E-state index contributed by atoms with van der Waals surface area (Å²) in [4.78, 5) is 32.7. The number of thiophene rings is 1. The molecule has 0 aliphatic carbocycles. The van der Waals surface area contributed by atoms with Crippen LogP contribution in [0.15, 0.2) is 6.33 Å². The largest absolute Gasteiger partial charge is 0.480 e. The number of anilines is 1. The van der Waals surface area contributed by atoms with E-state index in [4.69, 9.17) is 4.74 Å². The monoisotopic (exact) mass is 367 g/mol. The second-order valence-electron chi connectivity index (χ2n) is 6.15. The second kappa shape index (κ2) is 7.75. The van der Waals surface area contributed by atoms with Crippen molar-refractivity contribution in [2.45, 2.75) is 39.8 Å². The average Bonchev–Trinajstić information content (AvgIpc) is 2.87. The summed E-state index contributed by atoms with van der Waals surface area (Å²) in [5.74, 6) is -1.16. The molecule has 8 nitrogen and oxygen atoms in total. The number of aromatic nitrogens is 2. The highest BCUT2D eigenvalue weighted by molar-refractivity contribution is 7.20. The van der Waals surface area contributed by atoms with E-state index >= 15 is 0 Å². The molecule has 3 N–H and O–H groups in total. The molecule has 25 heavy (non-hydrogen) atoms. The van der Waals surface area contributed by atoms with E-state index in [-0.39, 0.29) is 11.7 Å². The molecule has 0 fully saturated rings. The third-order valence-corrected chi connectivity index (χ3v) is 4.68. The minimum absolute atomic E-state index is 0.220. The molecule has 0 spiro atoms. The maximum absolute atomic E-state index is 12.3. The van der Waals surface area contributed by atoms with E-state index < -0.39 is 24.1 Å². The first-order chi connectivity index (χ1) is 11.7. The van der Waals surface area contributed by atoms with E-state index in [0.717, 1.165) is 0 Å². The number of hydrogen-bond acceptors (Lipinski definition) is 8. The van der Waals surface area contributed by atoms with E-state index in [1.54, 1.807) is 6.92 Å². The van der Waals surface area contributed by atoms with Gasteiger partial charge in [-0.05, 0) is 25.3 Å². The number of carbonyl (C=O) groups is 2. The average molecular weight is 367 g/mol. The molecule has 136 valence electrons. The van der Waals surface area contributed by atoms with Crippen LogP contribution in [0.4, 0.5) is 5.82 Å². The van der Waals surface area contributed by atoms with Gasteiger partial charge in [-0.2, -0.15) is 0 Å². The number of hydrogen-bond donors (Lipinski definition) is 3. The quantitative estimate of drug-likeness (QED) is 0.636. The van der Waals surface area contributed by atoms with E-state index in [9.17, 15) is 19.8 Å². The molecule has 2 aromatic heterocycles. The Hall–Kier alpha value is -2.26. The summed E-state index contributed by atoms with van der Waals surface area (Å²) in [6, 6.07) is -1.23. The molecule has 0 bridgehead atoms. The number of aliphatic hydroxyl groups is 1. The Kier molecular flexibility index (Phi) is 5.91. The molecule has 2 heterocycles. The summed E-state index contributed by atoms with van der Waals surface area (Å²) in [5, 5.41) is 22.1. The first-order valence-electron chi connectivity index (χ1n) is 7.81. The van der Waals surface area contributed by atoms with Crippen LogP contribution in [0.3, 0.4) is 0 Å². The zero-order chi connectivity index (χ0) is 18.7. The summed E-state index contributed by atoms with van der Waals surface area (Å²) in [5.41, 5.74) is 0.617. The fourth-order valence-corrected chi connectivity index (χ4v) is 3.26. The van der Waals surface area contributed by atoms with Crippen LogP contribution in [-0.4, -0.2) is 50.9 Å². The molecule has 0 aliphatic rings. The van der Waals surface area contributed by atoms with Gasteiger partial charge in [0.2, 0.25) is 0 Å². The number of aliphatic hydroxyl groups excluding tert-OH is 1. The summed E-state index contributed by atoms with van der Waals surface area (Å²) in [6.07, 6.45) is 0.155. The Morgan fingerprint density at radius 3 is 2.56 bits per heavy atom. The van der Waals surface area contributed by atoms with E-state index in [0.29, 0.717) is 27.3 Å². The lowest BCUT2D eigenvalue weighted by atomic mass is 10.1. The number of carboxylic acids is 1. The van der Waals surface area contributed by atoms with Gasteiger partial charge in [-0.3, -0.25) is 0 Å². The van der Waals surface area contributed by atoms with E-state index in [1.807, 2.05) is 13.8 Å². The number of carbonyl (C=O) groups excluding carboxylic acids is 1. The zero-order valence-corrected chi connectivity index (χ0v) is 15.3. The maximum Gasteiger partial charge on any atom is 0.348 e. The van der Waals surface area contributed by atoms with Gasteiger partial charge in [0, 0.05) is 0 Å². The van der Waals surface area contributed by atoms with Crippen molar-refractivity contribution in [3.05, 3.63) is 16.8 Å². The highest BCUT2D eigenvalue weighted by Gasteiger charge is 2.26. The number of rotatable bonds is 7. The Morgan fingerprint density at radius 2 is 2.00 bits per heavy atom. The van der Waals surface area contributed by atoms with Crippen molar-refractivity contribution in [3.8, 4) is 0 Å². The number of carboxylic acid groups (broad SMARTS) is 1. The van der Waals surface area contributed by atoms with Crippen molar-refractivity contribution in [2.75, 3.05) is 11.9 Å². The topological polar surface area (TPSA) is 122 Å². The van der Waals surface area contributed by atoms with Crippen LogP contribution in [0.25, 0.3) is 10.2 Å². The standard InChI is InChI=1S/C16H21N3O5S/c1-7(2)5-24-16(23)12-8(3)10-13(17-6-18-14(10)25-12)19-11(9(4)20)15(21)22/h6-7,9,11,20H,5H2,1-4H3,(H,21,22)(H,17,18,19). The van der Waals surface area contributed by atoms with Crippen molar-refractivity contribution in [3.63, 3.8) is 0 Å². The molecular weight excluding hydrogens is 346 g/mol. The summed E-state index contributed by atoms with van der Waals surface area (Å²) in [7, 11) is 0. The molecule has 0 saturated carbocycles. The molecule has 0 aliphatic heterocycles. The smallest absolute Gasteiger partial charge is 0.348 e. The summed E-state index contributed by atoms with van der Waals surface area (Å²) in [6.45, 7) is 7.31. The lowest BCUT2D eigenvalue weighted by molar-refractivity contribution is -0.140. The lowest BCUT2D eigenvalue weighted by Crippen LogP contribution is -2.39. The molecular formula is C16H21N3O5S. The first kappa shape index (κ1) is 19.1. The van der Waals surface area contributed by atoms with Gasteiger partial charge in [-0.15, -0.1) is 11.3 Å². The van der Waals surface area contributed by atoms with Gasteiger partial charge < -0.3 is 20.3 Å². The van der Waals surface area contributed by atoms with Crippen molar-refractivity contribution >= 4 is 39.3 Å². The maximum atomic E-state index is 12.3. The third kappa shape index (κ3) is 4.23. The molecule has 0 aromatic carbocycles. The third-order valence-electron chi connectivity index (χ3n) is 3.50. The fourth-order valence-electron chi connectivity index (χ4n) is 2.22. The molecule has 2 atom stereocenters. The molecule has 0 amide bonds. The second-order valence-corrected chi connectivity index (χ2v) is 7.15. The van der Waals surface area contributed by atoms with Gasteiger partial charge in [-0.25, -0.2) is 19.6 Å². The van der Waals surface area contributed by atoms with Crippen LogP contribution in [0, 0.1) is 12.8 Å². The highest BCUT2D eigenvalue weighted by Crippen LogP contribution is 2.34. The predicted molar refractivity (Wildman–Crippen MR) is 94.0 cm³/mol. The van der Waals surface area contributed by atoms with Crippen LogP contribution in [0.5, 0.6) is 0 Å². The highest BCUT2D eigenvalue weighted by atomic mass is 32.1. The predicted octanol–water partition coefficient (Wildman–Crippen LogP) is 2.06. The van der Waals surface area contributed by atoms with Crippen LogP contribution in [0.1, 0.15) is 36.0 Å². The summed E-state index contributed by atoms with van der Waals surface area (Å²) >= 11 is 1.17. The number of ether oxygens (including phenoxy) is 1. The van der Waals surface area contributed by atoms with Crippen molar-refractivity contribution in [2.24, 2.45) is 5.92 Å². The Morgan fingerprint density at radius 1 is 1.32 bits per heavy atom. The van der Waals surface area contributed by atoms with Crippen molar-refractivity contribution in [1.29, 1.82) is 0 Å². The van der Waals surface area contributed by atoms with Gasteiger partial charge in [0.25, 0.3) is 0 Å². The summed E-state index contributed by atoms with van der Waals surface area (Å²) < 4.78 is 5.27. The van der Waals surface area contributed by atoms with Crippen LogP contribution in [-0.2, 0) is 9.53 Å². The molecule has 2 rings (SSSR count). The minimum Gasteiger partial charge on any atom is -0.480 e. The fraction of sp³-hybridized carbons (Fsp3) is 0.500. The molecule has 0 saturated heterocycles. The SMILES string of the molecule is Cc1c(C(=O)OCC(C)C)sc2ncnc(NC(C(=O)O)C(C)O)c12. The van der Waals surface area contributed by atoms with Gasteiger partial charge in [0.05, 0.1) is 18.1 Å². The zero-order valence-electron chi connectivity index (χ0n) is 14.4. The van der Waals surface area contributed by atoms with Crippen LogP contribution < -0.4 is 5.32 Å². The van der Waals surface area contributed by atoms with Gasteiger partial charge in [0.15, 0.2) is 6.04 Å². The van der Waals surface area contributed by atoms with Crippen molar-refractivity contribution in [1.82, 2.24) is 9.97 Å². The molecule has 2 aromatic rings. The number of nitrogens with zero attached hydrogens (tertiary/aromatic N) is 2. The number of fused-ring (bicyclic) bond motifs is 1. The van der Waals surface area contributed by atoms with E-state index in [2.05, 4.69) is 15.3 Å². The first-order valence-corrected chi connectivity index (χ1v) is 8.62. The van der Waals surface area contributed by atoms with Crippen LogP contribution >= 0.6 is 11.3 Å². The van der Waals surface area contributed by atoms with E-state index in [1.165, 1.54) is 24.6 Å². The van der Waals surface area contributed by atoms with Gasteiger partial charge in [0.1, 0.15) is 21.9 Å². The number of aliphatic carboxylic acids is 1. The Labute approximate surface area is 148 Å². The van der Waals surface area contributed by atoms with Gasteiger partial charge in [-0.1, -0.05) is 13.8 Å². The number of nitrogens with one attached hydrogen (secondary N) is 1. The normalized spacial score (nSPS) is 13.7. The molecule has 2 unspecified atom stereocenters. The van der Waals surface area contributed by atoms with Crippen LogP contribution in [0.2, 0.25) is 0 Å². The molecule has 0 radical (unpaired) electrons.